The van der Waals surface area contributed by atoms with E-state index in [2.05, 4.69) is 39.7 Å². The van der Waals surface area contributed by atoms with E-state index in [0.717, 1.165) is 59.9 Å². The number of thiocarbonyl (C=S) groups is 1. The van der Waals surface area contributed by atoms with E-state index in [0.29, 0.717) is 5.11 Å². The first-order valence-electron chi connectivity index (χ1n) is 12.0. The van der Waals surface area contributed by atoms with Crippen molar-refractivity contribution in [3.8, 4) is 5.69 Å². The SMILES string of the molecule is Cc1ccc(C(=O)O)cc1-n1c(C)cc(C2C(c3ccccn3)NC(=S)N2CC2CCCO2)c1C. The molecule has 0 aliphatic carbocycles. The Morgan fingerprint density at radius 2 is 2.06 bits per heavy atom. The minimum atomic E-state index is -0.933. The molecule has 0 saturated carbocycles. The van der Waals surface area contributed by atoms with E-state index in [1.165, 1.54) is 0 Å². The van der Waals surface area contributed by atoms with Crippen molar-refractivity contribution in [1.82, 2.24) is 19.8 Å². The van der Waals surface area contributed by atoms with Gasteiger partial charge in [-0.2, -0.15) is 0 Å². The molecule has 5 rings (SSSR count). The molecule has 0 bridgehead atoms. The molecule has 0 amide bonds. The Balaban J connectivity index is 1.62. The summed E-state index contributed by atoms with van der Waals surface area (Å²) in [5.74, 6) is -0.933. The Bertz CT molecular complexity index is 1270. The standard InChI is InChI=1S/C27H30N4O3S/c1-16-9-10-19(26(32)33)14-23(16)31-17(2)13-21(18(31)3)25-24(22-8-4-5-11-28-22)29-27(35)30(25)15-20-7-6-12-34-20/h4-5,8-11,13-14,20,24-25H,6-7,12,15H2,1-3H3,(H,29,35)(H,32,33). The smallest absolute Gasteiger partial charge is 0.335 e. The van der Waals surface area contributed by atoms with Gasteiger partial charge in [-0.25, -0.2) is 4.79 Å². The first-order chi connectivity index (χ1) is 16.8. The highest BCUT2D eigenvalue weighted by atomic mass is 32.1. The zero-order valence-corrected chi connectivity index (χ0v) is 21.0. The van der Waals surface area contributed by atoms with Gasteiger partial charge in [-0.15, -0.1) is 0 Å². The molecule has 8 heteroatoms. The van der Waals surface area contributed by atoms with Gasteiger partial charge >= 0.3 is 5.97 Å². The molecule has 2 aliphatic rings. The van der Waals surface area contributed by atoms with E-state index in [9.17, 15) is 9.90 Å². The number of nitrogens with one attached hydrogen (secondary N) is 1. The Kier molecular flexibility index (Phi) is 6.34. The maximum atomic E-state index is 11.7. The average molecular weight is 491 g/mol. The van der Waals surface area contributed by atoms with Crippen molar-refractivity contribution in [3.05, 3.63) is 82.4 Å². The average Bonchev–Trinajstić information content (AvgIpc) is 3.54. The van der Waals surface area contributed by atoms with Crippen LogP contribution in [0.4, 0.5) is 0 Å². The first kappa shape index (κ1) is 23.5. The van der Waals surface area contributed by atoms with Crippen molar-refractivity contribution in [2.45, 2.75) is 51.8 Å². The third-order valence-corrected chi connectivity index (χ3v) is 7.46. The molecule has 2 saturated heterocycles. The van der Waals surface area contributed by atoms with Crippen LogP contribution in [-0.2, 0) is 4.74 Å². The summed E-state index contributed by atoms with van der Waals surface area (Å²) in [5.41, 5.74) is 6.34. The largest absolute Gasteiger partial charge is 0.478 e. The summed E-state index contributed by atoms with van der Waals surface area (Å²) in [4.78, 5) is 18.6. The zero-order chi connectivity index (χ0) is 24.7. The second-order valence-electron chi connectivity index (χ2n) is 9.38. The van der Waals surface area contributed by atoms with Gasteiger partial charge in [0.25, 0.3) is 0 Å². The molecule has 2 aromatic heterocycles. The van der Waals surface area contributed by atoms with E-state index in [1.54, 1.807) is 12.1 Å². The van der Waals surface area contributed by atoms with Crippen LogP contribution in [0, 0.1) is 20.8 Å². The Labute approximate surface area is 210 Å². The van der Waals surface area contributed by atoms with Gasteiger partial charge in [-0.3, -0.25) is 4.98 Å². The summed E-state index contributed by atoms with van der Waals surface area (Å²) in [5, 5.41) is 13.8. The van der Waals surface area contributed by atoms with Gasteiger partial charge < -0.3 is 24.6 Å². The molecule has 1 aromatic carbocycles. The van der Waals surface area contributed by atoms with Crippen LogP contribution in [0.3, 0.4) is 0 Å². The molecular formula is C27H30N4O3S. The van der Waals surface area contributed by atoms with E-state index in [-0.39, 0.29) is 23.8 Å². The summed E-state index contributed by atoms with van der Waals surface area (Å²) in [6.45, 7) is 7.67. The van der Waals surface area contributed by atoms with Gasteiger partial charge in [-0.05, 0) is 87.3 Å². The number of aryl methyl sites for hydroxylation is 2. The van der Waals surface area contributed by atoms with E-state index < -0.39 is 5.97 Å². The van der Waals surface area contributed by atoms with Crippen LogP contribution in [0.1, 0.15) is 63.5 Å². The number of carbonyl (C=O) groups is 1. The summed E-state index contributed by atoms with van der Waals surface area (Å²) in [6, 6.07) is 13.2. The molecule has 35 heavy (non-hydrogen) atoms. The van der Waals surface area contributed by atoms with Crippen molar-refractivity contribution in [2.24, 2.45) is 0 Å². The van der Waals surface area contributed by atoms with Crippen LogP contribution in [0.25, 0.3) is 5.69 Å². The lowest BCUT2D eigenvalue weighted by molar-refractivity contribution is 0.0696. The molecule has 2 aliphatic heterocycles. The second-order valence-corrected chi connectivity index (χ2v) is 9.77. The Morgan fingerprint density at radius 3 is 2.74 bits per heavy atom. The highest BCUT2D eigenvalue weighted by Gasteiger charge is 2.42. The van der Waals surface area contributed by atoms with Crippen molar-refractivity contribution >= 4 is 23.3 Å². The summed E-state index contributed by atoms with van der Waals surface area (Å²) in [6.07, 6.45) is 4.06. The number of aromatic nitrogens is 2. The van der Waals surface area contributed by atoms with Crippen molar-refractivity contribution in [3.63, 3.8) is 0 Å². The Morgan fingerprint density at radius 1 is 1.23 bits per heavy atom. The maximum Gasteiger partial charge on any atom is 0.335 e. The van der Waals surface area contributed by atoms with Crippen LogP contribution >= 0.6 is 12.2 Å². The fourth-order valence-corrected chi connectivity index (χ4v) is 5.70. The van der Waals surface area contributed by atoms with E-state index in [1.807, 2.05) is 37.4 Å². The van der Waals surface area contributed by atoms with E-state index >= 15 is 0 Å². The molecular weight excluding hydrogens is 460 g/mol. The second kappa shape index (κ2) is 9.43. The predicted molar refractivity (Wildman–Crippen MR) is 138 cm³/mol. The predicted octanol–water partition coefficient (Wildman–Crippen LogP) is 4.65. The van der Waals surface area contributed by atoms with Crippen LogP contribution in [0.2, 0.25) is 0 Å². The van der Waals surface area contributed by atoms with Crippen LogP contribution in [0.5, 0.6) is 0 Å². The Hall–Kier alpha value is -3.23. The lowest BCUT2D eigenvalue weighted by Gasteiger charge is -2.30. The van der Waals surface area contributed by atoms with Gasteiger partial charge in [0.15, 0.2) is 5.11 Å². The van der Waals surface area contributed by atoms with Crippen molar-refractivity contribution in [1.29, 1.82) is 0 Å². The number of benzene rings is 1. The van der Waals surface area contributed by atoms with Crippen LogP contribution in [0.15, 0.2) is 48.7 Å². The number of nitrogens with zero attached hydrogens (tertiary/aromatic N) is 3. The maximum absolute atomic E-state index is 11.7. The minimum Gasteiger partial charge on any atom is -0.478 e. The number of ether oxygens (including phenoxy) is 1. The number of hydrogen-bond acceptors (Lipinski definition) is 4. The summed E-state index contributed by atoms with van der Waals surface area (Å²) >= 11 is 5.83. The van der Waals surface area contributed by atoms with Crippen molar-refractivity contribution < 1.29 is 14.6 Å². The monoisotopic (exact) mass is 490 g/mol. The molecule has 0 spiro atoms. The molecule has 4 heterocycles. The molecule has 3 aromatic rings. The third kappa shape index (κ3) is 4.32. The number of pyridine rings is 1. The van der Waals surface area contributed by atoms with Gasteiger partial charge in [0, 0.05) is 36.4 Å². The minimum absolute atomic E-state index is 0.0653. The fourth-order valence-electron chi connectivity index (χ4n) is 5.39. The lowest BCUT2D eigenvalue weighted by atomic mass is 9.96. The number of hydrogen-bond donors (Lipinski definition) is 2. The fraction of sp³-hybridized carbons (Fsp3) is 0.370. The van der Waals surface area contributed by atoms with Crippen LogP contribution < -0.4 is 5.32 Å². The molecule has 0 radical (unpaired) electrons. The number of rotatable bonds is 6. The van der Waals surface area contributed by atoms with Gasteiger partial charge in [0.1, 0.15) is 0 Å². The van der Waals surface area contributed by atoms with Gasteiger partial charge in [-0.1, -0.05) is 12.1 Å². The molecule has 2 N–H and O–H groups in total. The highest BCUT2D eigenvalue weighted by Crippen LogP contribution is 2.42. The summed E-state index contributed by atoms with van der Waals surface area (Å²) in [7, 11) is 0. The van der Waals surface area contributed by atoms with Gasteiger partial charge in [0.05, 0.1) is 29.4 Å². The normalized spacial score (nSPS) is 22.0. The van der Waals surface area contributed by atoms with E-state index in [4.69, 9.17) is 17.0 Å². The van der Waals surface area contributed by atoms with Crippen LogP contribution in [-0.4, -0.2) is 49.9 Å². The van der Waals surface area contributed by atoms with Crippen molar-refractivity contribution in [2.75, 3.05) is 13.2 Å². The van der Waals surface area contributed by atoms with Gasteiger partial charge in [0.2, 0.25) is 0 Å². The topological polar surface area (TPSA) is 79.6 Å². The lowest BCUT2D eigenvalue weighted by Crippen LogP contribution is -2.36. The first-order valence-corrected chi connectivity index (χ1v) is 12.4. The summed E-state index contributed by atoms with van der Waals surface area (Å²) < 4.78 is 8.11. The molecule has 2 fully saturated rings. The number of aromatic carboxylic acids is 1. The molecule has 7 nitrogen and oxygen atoms in total. The quantitative estimate of drug-likeness (QED) is 0.487. The third-order valence-electron chi connectivity index (χ3n) is 7.11. The number of carboxylic acid groups (broad SMARTS) is 1. The molecule has 182 valence electrons. The highest BCUT2D eigenvalue weighted by molar-refractivity contribution is 7.80. The molecule has 3 atom stereocenters. The number of carboxylic acids is 1. The molecule has 3 unspecified atom stereocenters. The zero-order valence-electron chi connectivity index (χ0n) is 20.2.